The molecule has 0 bridgehead atoms. The topological polar surface area (TPSA) is 66.5 Å². The molecule has 0 aromatic rings. The van der Waals surface area contributed by atoms with Crippen molar-refractivity contribution in [2.45, 2.75) is 64.5 Å². The Kier molecular flexibility index (Phi) is 5.34. The number of carbonyl (C=O) groups is 1. The Morgan fingerprint density at radius 2 is 1.83 bits per heavy atom. The smallest absolute Gasteiger partial charge is 0.317 e. The summed E-state index contributed by atoms with van der Waals surface area (Å²) in [4.78, 5) is 14.1. The fraction of sp³-hybridized carbons (Fsp3) is 0.941. The van der Waals surface area contributed by atoms with E-state index in [4.69, 9.17) is 0 Å². The maximum atomic E-state index is 12.5. The molecule has 1 heterocycles. The highest BCUT2D eigenvalue weighted by atomic mass is 32.2. The summed E-state index contributed by atoms with van der Waals surface area (Å²) < 4.78 is 23.7. The molecule has 23 heavy (non-hydrogen) atoms. The number of rotatable bonds is 3. The van der Waals surface area contributed by atoms with E-state index >= 15 is 0 Å². The summed E-state index contributed by atoms with van der Waals surface area (Å²) in [5, 5.41) is 3.04. The molecular formula is C17H32N2O3S. The van der Waals surface area contributed by atoms with E-state index in [2.05, 4.69) is 19.2 Å². The van der Waals surface area contributed by atoms with E-state index in [1.54, 1.807) is 18.7 Å². The lowest BCUT2D eigenvalue weighted by Gasteiger charge is -2.33. The lowest BCUT2D eigenvalue weighted by molar-refractivity contribution is 0.177. The molecule has 1 N–H and O–H groups in total. The van der Waals surface area contributed by atoms with Gasteiger partial charge >= 0.3 is 6.03 Å². The predicted octanol–water partition coefficient (Wildman–Crippen LogP) is 2.81. The van der Waals surface area contributed by atoms with Crippen LogP contribution in [0, 0.1) is 11.3 Å². The lowest BCUT2D eigenvalue weighted by Crippen LogP contribution is -2.46. The van der Waals surface area contributed by atoms with Crippen LogP contribution in [0.2, 0.25) is 0 Å². The largest absolute Gasteiger partial charge is 0.337 e. The zero-order valence-electron chi connectivity index (χ0n) is 15.0. The first-order valence-corrected chi connectivity index (χ1v) is 10.5. The minimum Gasteiger partial charge on any atom is -0.337 e. The molecule has 2 rings (SSSR count). The first-order valence-electron chi connectivity index (χ1n) is 8.80. The van der Waals surface area contributed by atoms with Crippen LogP contribution in [0.15, 0.2) is 0 Å². The van der Waals surface area contributed by atoms with Crippen LogP contribution in [0.3, 0.4) is 0 Å². The molecule has 134 valence electrons. The van der Waals surface area contributed by atoms with Crippen molar-refractivity contribution < 1.29 is 13.2 Å². The standard InChI is InChI=1S/C17H32N2O3S/c1-16(2,14-7-5-6-8-14)13-18-15(20)19-10-9-17(3,4)23(21,22)12-11-19/h14H,5-13H2,1-4H3,(H,18,20). The van der Waals surface area contributed by atoms with Gasteiger partial charge in [0.2, 0.25) is 0 Å². The molecule has 2 fully saturated rings. The number of hydrogen-bond donors (Lipinski definition) is 1. The molecule has 1 saturated carbocycles. The molecule has 0 aromatic heterocycles. The SMILES string of the molecule is CC(C)(CNC(=O)N1CCC(C)(C)S(=O)(=O)CC1)C1CCCC1. The third-order valence-corrected chi connectivity index (χ3v) is 8.51. The lowest BCUT2D eigenvalue weighted by atomic mass is 9.78. The summed E-state index contributed by atoms with van der Waals surface area (Å²) in [5.74, 6) is 0.727. The molecule has 0 spiro atoms. The summed E-state index contributed by atoms with van der Waals surface area (Å²) in [7, 11) is -3.14. The number of sulfone groups is 1. The summed E-state index contributed by atoms with van der Waals surface area (Å²) in [5.41, 5.74) is 0.101. The molecule has 1 saturated heterocycles. The molecule has 2 amide bonds. The predicted molar refractivity (Wildman–Crippen MR) is 93.2 cm³/mol. The van der Waals surface area contributed by atoms with E-state index in [0.29, 0.717) is 32.0 Å². The van der Waals surface area contributed by atoms with Gasteiger partial charge in [-0.15, -0.1) is 0 Å². The van der Waals surface area contributed by atoms with Gasteiger partial charge in [0, 0.05) is 19.6 Å². The first kappa shape index (κ1) is 18.6. The van der Waals surface area contributed by atoms with E-state index in [1.807, 2.05) is 0 Å². The fourth-order valence-electron chi connectivity index (χ4n) is 3.65. The van der Waals surface area contributed by atoms with Crippen LogP contribution < -0.4 is 5.32 Å². The minimum atomic E-state index is -3.14. The van der Waals surface area contributed by atoms with Crippen molar-refractivity contribution in [3.63, 3.8) is 0 Å². The molecule has 1 aliphatic carbocycles. The highest BCUT2D eigenvalue weighted by Crippen LogP contribution is 2.39. The van der Waals surface area contributed by atoms with Gasteiger partial charge in [0.25, 0.3) is 0 Å². The van der Waals surface area contributed by atoms with Gasteiger partial charge < -0.3 is 10.2 Å². The molecule has 0 aromatic carbocycles. The van der Waals surface area contributed by atoms with Crippen LogP contribution >= 0.6 is 0 Å². The third-order valence-electron chi connectivity index (χ3n) is 5.90. The van der Waals surface area contributed by atoms with Crippen molar-refractivity contribution in [1.82, 2.24) is 10.2 Å². The van der Waals surface area contributed by atoms with Gasteiger partial charge in [-0.1, -0.05) is 26.7 Å². The summed E-state index contributed by atoms with van der Waals surface area (Å²) >= 11 is 0. The second kappa shape index (κ2) is 6.61. The van der Waals surface area contributed by atoms with Crippen LogP contribution in [-0.2, 0) is 9.84 Å². The van der Waals surface area contributed by atoms with Crippen molar-refractivity contribution in [1.29, 1.82) is 0 Å². The van der Waals surface area contributed by atoms with Crippen LogP contribution in [0.4, 0.5) is 4.79 Å². The first-order chi connectivity index (χ1) is 10.6. The Morgan fingerprint density at radius 1 is 1.22 bits per heavy atom. The van der Waals surface area contributed by atoms with E-state index in [0.717, 1.165) is 0 Å². The van der Waals surface area contributed by atoms with Gasteiger partial charge in [-0.05, 0) is 44.4 Å². The summed E-state index contributed by atoms with van der Waals surface area (Å²) in [6, 6.07) is -0.121. The Bertz CT molecular complexity index is 534. The molecule has 2 aliphatic rings. The number of nitrogens with zero attached hydrogens (tertiary/aromatic N) is 1. The van der Waals surface area contributed by atoms with Gasteiger partial charge in [-0.3, -0.25) is 0 Å². The Labute approximate surface area is 141 Å². The Hall–Kier alpha value is -0.780. The van der Waals surface area contributed by atoms with Crippen molar-refractivity contribution in [3.05, 3.63) is 0 Å². The number of hydrogen-bond acceptors (Lipinski definition) is 3. The molecule has 0 radical (unpaired) electrons. The van der Waals surface area contributed by atoms with Crippen molar-refractivity contribution in [2.24, 2.45) is 11.3 Å². The molecule has 5 nitrogen and oxygen atoms in total. The monoisotopic (exact) mass is 344 g/mol. The highest BCUT2D eigenvalue weighted by molar-refractivity contribution is 7.92. The van der Waals surface area contributed by atoms with Crippen molar-refractivity contribution in [2.75, 3.05) is 25.4 Å². The van der Waals surface area contributed by atoms with E-state index in [-0.39, 0.29) is 17.2 Å². The number of amides is 2. The van der Waals surface area contributed by atoms with Crippen molar-refractivity contribution >= 4 is 15.9 Å². The van der Waals surface area contributed by atoms with Crippen LogP contribution in [0.25, 0.3) is 0 Å². The molecular weight excluding hydrogens is 312 g/mol. The van der Waals surface area contributed by atoms with Gasteiger partial charge in [-0.25, -0.2) is 13.2 Å². The molecule has 0 unspecified atom stereocenters. The highest BCUT2D eigenvalue weighted by Gasteiger charge is 2.38. The molecule has 0 atom stereocenters. The van der Waals surface area contributed by atoms with Crippen LogP contribution in [0.1, 0.15) is 59.8 Å². The average Bonchev–Trinajstić information content (AvgIpc) is 2.96. The van der Waals surface area contributed by atoms with Crippen molar-refractivity contribution in [3.8, 4) is 0 Å². The minimum absolute atomic E-state index is 0.0550. The van der Waals surface area contributed by atoms with Crippen LogP contribution in [-0.4, -0.2) is 49.5 Å². The number of carbonyl (C=O) groups excluding carboxylic acids is 1. The number of nitrogens with one attached hydrogen (secondary N) is 1. The number of urea groups is 1. The maximum Gasteiger partial charge on any atom is 0.317 e. The van der Waals surface area contributed by atoms with Gasteiger partial charge in [-0.2, -0.15) is 0 Å². The van der Waals surface area contributed by atoms with Crippen LogP contribution in [0.5, 0.6) is 0 Å². The zero-order chi connectivity index (χ0) is 17.3. The molecule has 6 heteroatoms. The van der Waals surface area contributed by atoms with Gasteiger partial charge in [0.1, 0.15) is 0 Å². The normalized spacial score (nSPS) is 25.1. The second-order valence-electron chi connectivity index (χ2n) is 8.44. The quantitative estimate of drug-likeness (QED) is 0.856. The van der Waals surface area contributed by atoms with E-state index in [1.165, 1.54) is 25.7 Å². The Morgan fingerprint density at radius 3 is 2.43 bits per heavy atom. The van der Waals surface area contributed by atoms with E-state index in [9.17, 15) is 13.2 Å². The zero-order valence-corrected chi connectivity index (χ0v) is 15.8. The Balaban J connectivity index is 1.91. The summed E-state index contributed by atoms with van der Waals surface area (Å²) in [6.07, 6.45) is 5.58. The third kappa shape index (κ3) is 4.20. The van der Waals surface area contributed by atoms with E-state index < -0.39 is 14.6 Å². The maximum absolute atomic E-state index is 12.5. The van der Waals surface area contributed by atoms with Gasteiger partial charge in [0.05, 0.1) is 10.5 Å². The van der Waals surface area contributed by atoms with Gasteiger partial charge in [0.15, 0.2) is 9.84 Å². The average molecular weight is 345 g/mol. The fourth-order valence-corrected chi connectivity index (χ4v) is 5.06. The second-order valence-corrected chi connectivity index (χ2v) is 11.2. The summed E-state index contributed by atoms with van der Waals surface area (Å²) in [6.45, 7) is 9.41. The molecule has 1 aliphatic heterocycles.